The Morgan fingerprint density at radius 1 is 1.26 bits per heavy atom. The zero-order valence-corrected chi connectivity index (χ0v) is 12.1. The number of hydrogen-bond acceptors (Lipinski definition) is 6. The highest BCUT2D eigenvalue weighted by molar-refractivity contribution is 7.09. The van der Waals surface area contributed by atoms with E-state index in [1.807, 2.05) is 32.0 Å². The molecule has 0 fully saturated rings. The molecule has 1 aromatic carbocycles. The zero-order valence-electron chi connectivity index (χ0n) is 11.3. The molecule has 0 amide bonds. The van der Waals surface area contributed by atoms with Gasteiger partial charge >= 0.3 is 0 Å². The molecule has 1 aromatic heterocycles. The molecular weight excluding hydrogens is 262 g/mol. The largest absolute Gasteiger partial charge is 0.493 e. The van der Waals surface area contributed by atoms with Gasteiger partial charge in [-0.2, -0.15) is 4.37 Å². The van der Waals surface area contributed by atoms with Crippen molar-refractivity contribution in [2.75, 3.05) is 19.0 Å². The van der Waals surface area contributed by atoms with Crippen LogP contribution in [-0.4, -0.2) is 23.1 Å². The second-order valence-electron chi connectivity index (χ2n) is 3.79. The van der Waals surface area contributed by atoms with Crippen molar-refractivity contribution in [1.82, 2.24) is 9.36 Å². The Kier molecular flexibility index (Phi) is 4.57. The third-order valence-electron chi connectivity index (χ3n) is 2.50. The zero-order chi connectivity index (χ0) is 13.7. The summed E-state index contributed by atoms with van der Waals surface area (Å²) in [7, 11) is 1.63. The predicted octanol–water partition coefficient (Wildman–Crippen LogP) is 3.25. The van der Waals surface area contributed by atoms with E-state index >= 15 is 0 Å². The van der Waals surface area contributed by atoms with Gasteiger partial charge in [0.1, 0.15) is 5.82 Å². The Hall–Kier alpha value is -1.82. The van der Waals surface area contributed by atoms with Gasteiger partial charge in [-0.3, -0.25) is 0 Å². The van der Waals surface area contributed by atoms with Crippen molar-refractivity contribution < 1.29 is 9.47 Å². The maximum atomic E-state index is 5.48. The highest BCUT2D eigenvalue weighted by atomic mass is 32.1. The van der Waals surface area contributed by atoms with Gasteiger partial charge in [-0.25, -0.2) is 4.98 Å². The lowest BCUT2D eigenvalue weighted by Gasteiger charge is -2.11. The average Bonchev–Trinajstić information content (AvgIpc) is 2.88. The summed E-state index contributed by atoms with van der Waals surface area (Å²) < 4.78 is 15.0. The summed E-state index contributed by atoms with van der Waals surface area (Å²) in [5.74, 6) is 2.29. The van der Waals surface area contributed by atoms with E-state index in [9.17, 15) is 0 Å². The minimum absolute atomic E-state index is 0.611. The summed E-state index contributed by atoms with van der Waals surface area (Å²) in [5, 5.41) is 3.99. The molecule has 102 valence electrons. The number of methoxy groups -OCH3 is 1. The molecule has 5 nitrogen and oxygen atoms in total. The lowest BCUT2D eigenvalue weighted by atomic mass is 10.3. The van der Waals surface area contributed by atoms with Crippen LogP contribution in [0.3, 0.4) is 0 Å². The van der Waals surface area contributed by atoms with Crippen LogP contribution in [0.25, 0.3) is 0 Å². The SMILES string of the molecule is CCOc1ccc(Nc2nc(CC)ns2)cc1OC. The number of nitrogens with zero attached hydrogens (tertiary/aromatic N) is 2. The maximum Gasteiger partial charge on any atom is 0.207 e. The number of anilines is 2. The van der Waals surface area contributed by atoms with Crippen LogP contribution >= 0.6 is 11.5 Å². The first-order valence-electron chi connectivity index (χ1n) is 6.17. The average molecular weight is 279 g/mol. The predicted molar refractivity (Wildman–Crippen MR) is 76.7 cm³/mol. The van der Waals surface area contributed by atoms with Gasteiger partial charge in [0.15, 0.2) is 11.5 Å². The molecular formula is C13H17N3O2S. The fraction of sp³-hybridized carbons (Fsp3) is 0.385. The van der Waals surface area contributed by atoms with Gasteiger partial charge in [-0.15, -0.1) is 0 Å². The van der Waals surface area contributed by atoms with Gasteiger partial charge in [0.05, 0.1) is 13.7 Å². The summed E-state index contributed by atoms with van der Waals surface area (Å²) in [4.78, 5) is 4.36. The molecule has 6 heteroatoms. The van der Waals surface area contributed by atoms with E-state index in [4.69, 9.17) is 9.47 Å². The highest BCUT2D eigenvalue weighted by Gasteiger charge is 2.07. The molecule has 0 bridgehead atoms. The highest BCUT2D eigenvalue weighted by Crippen LogP contribution is 2.31. The smallest absolute Gasteiger partial charge is 0.207 e. The van der Waals surface area contributed by atoms with E-state index in [-0.39, 0.29) is 0 Å². The Morgan fingerprint density at radius 2 is 2.11 bits per heavy atom. The van der Waals surface area contributed by atoms with Gasteiger partial charge in [0, 0.05) is 29.7 Å². The lowest BCUT2D eigenvalue weighted by molar-refractivity contribution is 0.311. The first kappa shape index (κ1) is 13.6. The molecule has 1 heterocycles. The molecule has 0 spiro atoms. The van der Waals surface area contributed by atoms with Gasteiger partial charge in [0.25, 0.3) is 0 Å². The van der Waals surface area contributed by atoms with Crippen molar-refractivity contribution >= 4 is 22.4 Å². The van der Waals surface area contributed by atoms with Gasteiger partial charge in [-0.05, 0) is 19.1 Å². The van der Waals surface area contributed by atoms with Crippen LogP contribution in [0, 0.1) is 0 Å². The number of aromatic nitrogens is 2. The minimum Gasteiger partial charge on any atom is -0.493 e. The number of hydrogen-bond donors (Lipinski definition) is 1. The number of nitrogens with one attached hydrogen (secondary N) is 1. The molecule has 0 aliphatic heterocycles. The summed E-state index contributed by atoms with van der Waals surface area (Å²) in [6, 6.07) is 5.70. The summed E-state index contributed by atoms with van der Waals surface area (Å²) in [6.45, 7) is 4.59. The second-order valence-corrected chi connectivity index (χ2v) is 4.54. The van der Waals surface area contributed by atoms with Crippen molar-refractivity contribution in [2.45, 2.75) is 20.3 Å². The van der Waals surface area contributed by atoms with E-state index in [2.05, 4.69) is 14.7 Å². The Morgan fingerprint density at radius 3 is 2.74 bits per heavy atom. The van der Waals surface area contributed by atoms with Gasteiger partial charge in [0.2, 0.25) is 5.13 Å². The fourth-order valence-electron chi connectivity index (χ4n) is 1.59. The van der Waals surface area contributed by atoms with Crippen molar-refractivity contribution in [3.05, 3.63) is 24.0 Å². The molecule has 0 saturated carbocycles. The third kappa shape index (κ3) is 3.35. The van der Waals surface area contributed by atoms with Gasteiger partial charge < -0.3 is 14.8 Å². The van der Waals surface area contributed by atoms with Gasteiger partial charge in [-0.1, -0.05) is 6.92 Å². The molecule has 0 radical (unpaired) electrons. The van der Waals surface area contributed by atoms with Crippen molar-refractivity contribution in [3.63, 3.8) is 0 Å². The number of benzene rings is 1. The molecule has 2 aromatic rings. The van der Waals surface area contributed by atoms with Crippen LogP contribution in [0.15, 0.2) is 18.2 Å². The Labute approximate surface area is 116 Å². The van der Waals surface area contributed by atoms with E-state index in [1.165, 1.54) is 11.5 Å². The van der Waals surface area contributed by atoms with E-state index in [1.54, 1.807) is 7.11 Å². The van der Waals surface area contributed by atoms with Crippen LogP contribution < -0.4 is 14.8 Å². The molecule has 0 aliphatic rings. The standard InChI is InChI=1S/C13H17N3O2S/c1-4-12-15-13(19-16-12)14-9-6-7-10(18-5-2)11(8-9)17-3/h6-8H,4-5H2,1-3H3,(H,14,15,16). The molecule has 0 atom stereocenters. The van der Waals surface area contributed by atoms with E-state index < -0.39 is 0 Å². The minimum atomic E-state index is 0.611. The number of aryl methyl sites for hydroxylation is 1. The maximum absolute atomic E-state index is 5.48. The monoisotopic (exact) mass is 279 g/mol. The lowest BCUT2D eigenvalue weighted by Crippen LogP contribution is -1.97. The molecule has 0 unspecified atom stereocenters. The topological polar surface area (TPSA) is 56.3 Å². The fourth-order valence-corrected chi connectivity index (χ4v) is 2.26. The van der Waals surface area contributed by atoms with Crippen LogP contribution in [0.4, 0.5) is 10.8 Å². The summed E-state index contributed by atoms with van der Waals surface area (Å²) in [6.07, 6.45) is 0.838. The first-order valence-corrected chi connectivity index (χ1v) is 6.94. The molecule has 1 N–H and O–H groups in total. The number of ether oxygens (including phenoxy) is 2. The van der Waals surface area contributed by atoms with Crippen LogP contribution in [-0.2, 0) is 6.42 Å². The van der Waals surface area contributed by atoms with E-state index in [0.29, 0.717) is 12.4 Å². The normalized spacial score (nSPS) is 10.3. The Bertz CT molecular complexity index is 542. The third-order valence-corrected chi connectivity index (χ3v) is 3.17. The van der Waals surface area contributed by atoms with Crippen molar-refractivity contribution in [2.24, 2.45) is 0 Å². The second kappa shape index (κ2) is 6.38. The van der Waals surface area contributed by atoms with Crippen LogP contribution in [0.1, 0.15) is 19.7 Å². The first-order chi connectivity index (χ1) is 9.26. The summed E-state index contributed by atoms with van der Waals surface area (Å²) >= 11 is 1.35. The van der Waals surface area contributed by atoms with Crippen molar-refractivity contribution in [1.29, 1.82) is 0 Å². The van der Waals surface area contributed by atoms with Crippen molar-refractivity contribution in [3.8, 4) is 11.5 Å². The van der Waals surface area contributed by atoms with Crippen LogP contribution in [0.2, 0.25) is 0 Å². The quantitative estimate of drug-likeness (QED) is 0.879. The Balaban J connectivity index is 2.16. The molecule has 19 heavy (non-hydrogen) atoms. The van der Waals surface area contributed by atoms with Crippen LogP contribution in [0.5, 0.6) is 11.5 Å². The molecule has 0 aliphatic carbocycles. The molecule has 0 saturated heterocycles. The number of rotatable bonds is 6. The summed E-state index contributed by atoms with van der Waals surface area (Å²) in [5.41, 5.74) is 0.902. The van der Waals surface area contributed by atoms with E-state index in [0.717, 1.165) is 28.8 Å². The molecule has 2 rings (SSSR count).